The number of benzene rings is 2. The SMILES string of the molecule is [B+2]c1ccc(C(=O)OCc2ccccc2)cc1.[OH-].[OH-]. The van der Waals surface area contributed by atoms with Crippen LogP contribution in [-0.2, 0) is 11.3 Å². The molecule has 0 fully saturated rings. The molecule has 0 unspecified atom stereocenters. The van der Waals surface area contributed by atoms with Crippen LogP contribution in [-0.4, -0.2) is 24.8 Å². The summed E-state index contributed by atoms with van der Waals surface area (Å²) < 4.78 is 5.17. The van der Waals surface area contributed by atoms with Crippen LogP contribution >= 0.6 is 0 Å². The van der Waals surface area contributed by atoms with Crippen molar-refractivity contribution in [1.29, 1.82) is 0 Å². The zero-order valence-electron chi connectivity index (χ0n) is 10.2. The summed E-state index contributed by atoms with van der Waals surface area (Å²) in [5.74, 6) is -0.339. The Morgan fingerprint density at radius 1 is 0.947 bits per heavy atom. The van der Waals surface area contributed by atoms with Crippen LogP contribution in [0.15, 0.2) is 54.6 Å². The molecule has 2 N–H and O–H groups in total. The predicted molar refractivity (Wildman–Crippen MR) is 71.3 cm³/mol. The van der Waals surface area contributed by atoms with Crippen LogP contribution in [0.25, 0.3) is 0 Å². The van der Waals surface area contributed by atoms with Gasteiger partial charge >= 0.3 is 101 Å². The Morgan fingerprint density at radius 3 is 2.11 bits per heavy atom. The van der Waals surface area contributed by atoms with Gasteiger partial charge < -0.3 is 11.0 Å². The van der Waals surface area contributed by atoms with E-state index in [-0.39, 0.29) is 23.5 Å². The minimum Gasteiger partial charge on any atom is -0.870 e. The Kier molecular flexibility index (Phi) is 7.18. The van der Waals surface area contributed by atoms with Gasteiger partial charge in [-0.25, -0.2) is 0 Å². The molecule has 0 atom stereocenters. The molecule has 4 nitrogen and oxygen atoms in total. The molecule has 0 saturated heterocycles. The van der Waals surface area contributed by atoms with Gasteiger partial charge in [0.2, 0.25) is 0 Å². The molecule has 0 aliphatic carbocycles. The van der Waals surface area contributed by atoms with E-state index in [2.05, 4.69) is 0 Å². The first-order valence-corrected chi connectivity index (χ1v) is 5.32. The fourth-order valence-electron chi connectivity index (χ4n) is 1.43. The van der Waals surface area contributed by atoms with Crippen molar-refractivity contribution in [2.75, 3.05) is 0 Å². The van der Waals surface area contributed by atoms with E-state index in [4.69, 9.17) is 12.6 Å². The van der Waals surface area contributed by atoms with Gasteiger partial charge in [-0.05, 0) is 0 Å². The second kappa shape index (κ2) is 8.08. The predicted octanol–water partition coefficient (Wildman–Crippen LogP) is 1.48. The van der Waals surface area contributed by atoms with Gasteiger partial charge in [0, 0.05) is 0 Å². The maximum atomic E-state index is 11.7. The molecule has 0 aliphatic rings. The Labute approximate surface area is 113 Å². The largest absolute Gasteiger partial charge is 0.870 e. The Bertz CT molecular complexity index is 497. The average Bonchev–Trinajstić information content (AvgIpc) is 2.38. The first kappa shape index (κ1) is 16.9. The number of ether oxygens (including phenoxy) is 1. The van der Waals surface area contributed by atoms with E-state index < -0.39 is 0 Å². The molecule has 0 bridgehead atoms. The third kappa shape index (κ3) is 4.95. The van der Waals surface area contributed by atoms with Gasteiger partial charge in [0.1, 0.15) is 0 Å². The number of esters is 1. The molecular weight excluding hydrogens is 243 g/mol. The van der Waals surface area contributed by atoms with Crippen LogP contribution in [0.3, 0.4) is 0 Å². The molecule has 2 rings (SSSR count). The van der Waals surface area contributed by atoms with E-state index in [0.717, 1.165) is 5.56 Å². The Morgan fingerprint density at radius 2 is 1.53 bits per heavy atom. The maximum absolute atomic E-state index is 11.7. The standard InChI is InChI=1S/C14H11BO2.2H2O/c15-13-8-6-12(7-9-13)14(16)17-10-11-4-2-1-3-5-11;;/h1-9H,10H2;2*1H2/q+2;;/p-2. The fourth-order valence-corrected chi connectivity index (χ4v) is 1.43. The zero-order chi connectivity index (χ0) is 12.1. The number of rotatable bonds is 3. The summed E-state index contributed by atoms with van der Waals surface area (Å²) in [4.78, 5) is 11.7. The van der Waals surface area contributed by atoms with Gasteiger partial charge in [0.05, 0.1) is 0 Å². The van der Waals surface area contributed by atoms with Gasteiger partial charge in [-0.15, -0.1) is 0 Å². The number of hydrogen-bond acceptors (Lipinski definition) is 4. The van der Waals surface area contributed by atoms with Gasteiger partial charge in [0.15, 0.2) is 0 Å². The Balaban J connectivity index is 0.00000162. The van der Waals surface area contributed by atoms with Crippen molar-refractivity contribution in [2.45, 2.75) is 6.61 Å². The monoisotopic (exact) mass is 256 g/mol. The summed E-state index contributed by atoms with van der Waals surface area (Å²) in [5.41, 5.74) is 2.11. The van der Waals surface area contributed by atoms with Crippen LogP contribution in [0.4, 0.5) is 0 Å². The quantitative estimate of drug-likeness (QED) is 0.614. The first-order chi connectivity index (χ1) is 8.25. The van der Waals surface area contributed by atoms with Crippen LogP contribution in [0, 0.1) is 0 Å². The van der Waals surface area contributed by atoms with Gasteiger partial charge in [-0.1, -0.05) is 0 Å². The van der Waals surface area contributed by atoms with Gasteiger partial charge in [0.25, 0.3) is 0 Å². The van der Waals surface area contributed by atoms with Crippen LogP contribution in [0.1, 0.15) is 15.9 Å². The van der Waals surface area contributed by atoms with Gasteiger partial charge in [-0.2, -0.15) is 0 Å². The topological polar surface area (TPSA) is 86.3 Å². The summed E-state index contributed by atoms with van der Waals surface area (Å²) in [5, 5.41) is 0. The van der Waals surface area contributed by atoms with Crippen molar-refractivity contribution in [3.63, 3.8) is 0 Å². The van der Waals surface area contributed by atoms with E-state index in [1.54, 1.807) is 24.3 Å². The van der Waals surface area contributed by atoms with Crippen molar-refractivity contribution >= 4 is 19.3 Å². The molecule has 2 aromatic carbocycles. The molecule has 0 spiro atoms. The third-order valence-electron chi connectivity index (χ3n) is 2.36. The average molecular weight is 256 g/mol. The minimum absolute atomic E-state index is 0. The summed E-state index contributed by atoms with van der Waals surface area (Å²) >= 11 is 0. The zero-order valence-corrected chi connectivity index (χ0v) is 10.2. The molecule has 5 heteroatoms. The third-order valence-corrected chi connectivity index (χ3v) is 2.36. The molecule has 0 heterocycles. The van der Waals surface area contributed by atoms with E-state index in [1.165, 1.54) is 0 Å². The van der Waals surface area contributed by atoms with Crippen molar-refractivity contribution in [3.05, 3.63) is 65.7 Å². The summed E-state index contributed by atoms with van der Waals surface area (Å²) in [6.07, 6.45) is 0. The van der Waals surface area contributed by atoms with Gasteiger partial charge in [-0.3, -0.25) is 0 Å². The molecule has 0 aromatic heterocycles. The summed E-state index contributed by atoms with van der Waals surface area (Å²) in [6.45, 7) is 0.282. The molecule has 0 amide bonds. The van der Waals surface area contributed by atoms with Crippen molar-refractivity contribution < 1.29 is 20.5 Å². The molecule has 96 valence electrons. The molecule has 0 radical (unpaired) electrons. The van der Waals surface area contributed by atoms with Crippen molar-refractivity contribution in [1.82, 2.24) is 0 Å². The van der Waals surface area contributed by atoms with Crippen LogP contribution in [0.2, 0.25) is 0 Å². The molecular formula is C14H13BO4. The Hall–Kier alpha value is -2.11. The van der Waals surface area contributed by atoms with Crippen molar-refractivity contribution in [3.8, 4) is 0 Å². The fraction of sp³-hybridized carbons (Fsp3) is 0.0714. The van der Waals surface area contributed by atoms with Crippen LogP contribution < -0.4 is 5.46 Å². The summed E-state index contributed by atoms with van der Waals surface area (Å²) in [7, 11) is 5.54. The minimum atomic E-state index is -0.339. The molecule has 0 saturated carbocycles. The molecule has 0 aliphatic heterocycles. The summed E-state index contributed by atoms with van der Waals surface area (Å²) in [6, 6.07) is 16.2. The number of hydrogen-bond donors (Lipinski definition) is 0. The van der Waals surface area contributed by atoms with E-state index in [9.17, 15) is 4.79 Å². The molecule has 2 aromatic rings. The number of carbonyl (C=O) groups excluding carboxylic acids is 1. The van der Waals surface area contributed by atoms with E-state index in [1.807, 2.05) is 30.3 Å². The molecule has 19 heavy (non-hydrogen) atoms. The normalized spacial score (nSPS) is 8.95. The van der Waals surface area contributed by atoms with E-state index >= 15 is 0 Å². The second-order valence-corrected chi connectivity index (χ2v) is 3.68. The second-order valence-electron chi connectivity index (χ2n) is 3.68. The number of carbonyl (C=O) groups is 1. The van der Waals surface area contributed by atoms with Crippen molar-refractivity contribution in [2.24, 2.45) is 0 Å². The first-order valence-electron chi connectivity index (χ1n) is 5.32. The van der Waals surface area contributed by atoms with E-state index in [0.29, 0.717) is 11.0 Å². The maximum Gasteiger partial charge on any atom is -0.870 e. The van der Waals surface area contributed by atoms with Crippen LogP contribution in [0.5, 0.6) is 0 Å². The smallest absolute Gasteiger partial charge is 0.870 e.